The zero-order chi connectivity index (χ0) is 24.1. The molecule has 4 rings (SSSR count). The van der Waals surface area contributed by atoms with Crippen molar-refractivity contribution in [1.82, 2.24) is 4.31 Å². The highest BCUT2D eigenvalue weighted by atomic mass is 32.2. The lowest BCUT2D eigenvalue weighted by Crippen LogP contribution is -2.41. The molecule has 2 aromatic rings. The van der Waals surface area contributed by atoms with E-state index in [2.05, 4.69) is 10.2 Å². The van der Waals surface area contributed by atoms with Crippen molar-refractivity contribution in [1.29, 1.82) is 0 Å². The molecule has 2 heterocycles. The van der Waals surface area contributed by atoms with E-state index in [0.29, 0.717) is 24.3 Å². The van der Waals surface area contributed by atoms with Gasteiger partial charge in [0.1, 0.15) is 0 Å². The van der Waals surface area contributed by atoms with Gasteiger partial charge in [0.15, 0.2) is 11.5 Å². The third kappa shape index (κ3) is 5.29. The molecule has 0 radical (unpaired) electrons. The fourth-order valence-corrected chi connectivity index (χ4v) is 5.79. The van der Waals surface area contributed by atoms with E-state index in [1.807, 2.05) is 24.3 Å². The number of anilines is 2. The van der Waals surface area contributed by atoms with Gasteiger partial charge in [0.25, 0.3) is 0 Å². The average Bonchev–Trinajstić information content (AvgIpc) is 2.89. The molecular weight excluding hydrogens is 458 g/mol. The highest BCUT2D eigenvalue weighted by Crippen LogP contribution is 2.32. The van der Waals surface area contributed by atoms with Crippen LogP contribution in [0.3, 0.4) is 0 Å². The molecule has 0 saturated carbocycles. The Morgan fingerprint density at radius 1 is 0.941 bits per heavy atom. The fraction of sp³-hybridized carbons (Fsp3) is 0.458. The summed E-state index contributed by atoms with van der Waals surface area (Å²) in [6.45, 7) is 3.72. The molecule has 2 fully saturated rings. The summed E-state index contributed by atoms with van der Waals surface area (Å²) in [5.41, 5.74) is 1.84. The van der Waals surface area contributed by atoms with E-state index >= 15 is 0 Å². The summed E-state index contributed by atoms with van der Waals surface area (Å²) < 4.78 is 43.4. The number of amides is 1. The quantitative estimate of drug-likeness (QED) is 0.638. The Morgan fingerprint density at radius 2 is 1.59 bits per heavy atom. The van der Waals surface area contributed by atoms with Crippen LogP contribution in [-0.4, -0.2) is 72.2 Å². The van der Waals surface area contributed by atoms with Crippen molar-refractivity contribution in [3.63, 3.8) is 0 Å². The number of hydrogen-bond acceptors (Lipinski definition) is 7. The van der Waals surface area contributed by atoms with E-state index in [9.17, 15) is 13.2 Å². The maximum Gasteiger partial charge on any atom is 0.243 e. The highest BCUT2D eigenvalue weighted by molar-refractivity contribution is 7.89. The summed E-state index contributed by atoms with van der Waals surface area (Å²) in [5.74, 6) is 0.505. The Kier molecular flexibility index (Phi) is 7.60. The van der Waals surface area contributed by atoms with E-state index in [4.69, 9.17) is 14.2 Å². The van der Waals surface area contributed by atoms with Gasteiger partial charge in [-0.3, -0.25) is 4.79 Å². The van der Waals surface area contributed by atoms with Crippen LogP contribution in [0.4, 0.5) is 11.4 Å². The molecule has 0 atom stereocenters. The zero-order valence-electron chi connectivity index (χ0n) is 19.5. The second kappa shape index (κ2) is 10.6. The summed E-state index contributed by atoms with van der Waals surface area (Å²) in [6, 6.07) is 12.4. The predicted octanol–water partition coefficient (Wildman–Crippen LogP) is 2.58. The average molecular weight is 490 g/mol. The van der Waals surface area contributed by atoms with Gasteiger partial charge in [-0.05, 0) is 49.2 Å². The molecule has 2 aromatic carbocycles. The monoisotopic (exact) mass is 489 g/mol. The molecule has 9 nitrogen and oxygen atoms in total. The largest absolute Gasteiger partial charge is 0.493 e. The summed E-state index contributed by atoms with van der Waals surface area (Å²) in [4.78, 5) is 15.2. The Balaban J connectivity index is 1.33. The number of nitrogens with zero attached hydrogens (tertiary/aromatic N) is 2. The summed E-state index contributed by atoms with van der Waals surface area (Å²) in [5, 5.41) is 2.97. The van der Waals surface area contributed by atoms with Crippen molar-refractivity contribution < 1.29 is 27.4 Å². The van der Waals surface area contributed by atoms with Crippen molar-refractivity contribution in [2.75, 3.05) is 63.8 Å². The molecule has 184 valence electrons. The van der Waals surface area contributed by atoms with Gasteiger partial charge >= 0.3 is 0 Å². The van der Waals surface area contributed by atoms with Crippen molar-refractivity contribution in [2.24, 2.45) is 5.92 Å². The second-order valence-electron chi connectivity index (χ2n) is 8.33. The van der Waals surface area contributed by atoms with E-state index in [-0.39, 0.29) is 29.8 Å². The number of hydrogen-bond donors (Lipinski definition) is 1. The first kappa shape index (κ1) is 24.3. The smallest absolute Gasteiger partial charge is 0.243 e. The van der Waals surface area contributed by atoms with Crippen LogP contribution in [0.5, 0.6) is 11.5 Å². The molecule has 0 bridgehead atoms. The van der Waals surface area contributed by atoms with Gasteiger partial charge in [0, 0.05) is 49.5 Å². The van der Waals surface area contributed by atoms with Crippen LogP contribution in [0.2, 0.25) is 0 Å². The van der Waals surface area contributed by atoms with Crippen molar-refractivity contribution in [2.45, 2.75) is 17.7 Å². The van der Waals surface area contributed by atoms with Gasteiger partial charge in [0.05, 0.1) is 32.3 Å². The van der Waals surface area contributed by atoms with Crippen LogP contribution in [0, 0.1) is 5.92 Å². The van der Waals surface area contributed by atoms with Gasteiger partial charge in [-0.2, -0.15) is 4.31 Å². The predicted molar refractivity (Wildman–Crippen MR) is 129 cm³/mol. The highest BCUT2D eigenvalue weighted by Gasteiger charge is 2.32. The van der Waals surface area contributed by atoms with Gasteiger partial charge in [-0.15, -0.1) is 0 Å². The van der Waals surface area contributed by atoms with Crippen molar-refractivity contribution in [3.8, 4) is 11.5 Å². The van der Waals surface area contributed by atoms with Crippen LogP contribution >= 0.6 is 0 Å². The van der Waals surface area contributed by atoms with Crippen LogP contribution in [-0.2, 0) is 19.6 Å². The minimum Gasteiger partial charge on any atom is -0.493 e. The summed E-state index contributed by atoms with van der Waals surface area (Å²) in [6.07, 6.45) is 0.925. The molecule has 34 heavy (non-hydrogen) atoms. The number of sulfonamides is 1. The van der Waals surface area contributed by atoms with Crippen LogP contribution in [0.1, 0.15) is 12.8 Å². The molecule has 10 heteroatoms. The molecule has 0 spiro atoms. The molecule has 0 aliphatic carbocycles. The number of rotatable bonds is 7. The first-order valence-corrected chi connectivity index (χ1v) is 12.8. The van der Waals surface area contributed by atoms with Crippen molar-refractivity contribution in [3.05, 3.63) is 42.5 Å². The Bertz CT molecular complexity index is 1090. The minimum absolute atomic E-state index is 0.0812. The SMILES string of the molecule is COc1ccc(S(=O)(=O)N2CCC(C(=O)Nc3ccc(N4CCOCC4)cc3)CC2)cc1OC. The summed E-state index contributed by atoms with van der Waals surface area (Å²) >= 11 is 0. The lowest BCUT2D eigenvalue weighted by molar-refractivity contribution is -0.120. The first-order valence-electron chi connectivity index (χ1n) is 11.4. The van der Waals surface area contributed by atoms with Gasteiger partial charge in [0.2, 0.25) is 15.9 Å². The second-order valence-corrected chi connectivity index (χ2v) is 10.3. The molecule has 1 amide bonds. The zero-order valence-corrected chi connectivity index (χ0v) is 20.3. The van der Waals surface area contributed by atoms with Crippen molar-refractivity contribution >= 4 is 27.3 Å². The molecule has 0 aromatic heterocycles. The van der Waals surface area contributed by atoms with Crippen LogP contribution in [0.25, 0.3) is 0 Å². The maximum atomic E-state index is 13.1. The normalized spacial score (nSPS) is 17.9. The number of carbonyl (C=O) groups is 1. The maximum absolute atomic E-state index is 13.1. The number of nitrogens with one attached hydrogen (secondary N) is 1. The first-order chi connectivity index (χ1) is 16.4. The van der Waals surface area contributed by atoms with Crippen LogP contribution in [0.15, 0.2) is 47.4 Å². The molecule has 1 N–H and O–H groups in total. The minimum atomic E-state index is -3.69. The van der Waals surface area contributed by atoms with E-state index in [1.54, 1.807) is 6.07 Å². The number of methoxy groups -OCH3 is 2. The topological polar surface area (TPSA) is 97.4 Å². The molecule has 2 aliphatic heterocycles. The number of ether oxygens (including phenoxy) is 3. The number of morpholine rings is 1. The molecule has 2 saturated heterocycles. The summed E-state index contributed by atoms with van der Waals surface area (Å²) in [7, 11) is -0.724. The lowest BCUT2D eigenvalue weighted by Gasteiger charge is -2.31. The molecule has 2 aliphatic rings. The Hall–Kier alpha value is -2.82. The van der Waals surface area contributed by atoms with Gasteiger partial charge in [-0.25, -0.2) is 8.42 Å². The molecular formula is C24H31N3O6S. The van der Waals surface area contributed by atoms with Crippen LogP contribution < -0.4 is 19.7 Å². The number of carbonyl (C=O) groups excluding carboxylic acids is 1. The Labute approximate surface area is 200 Å². The van der Waals surface area contributed by atoms with Gasteiger partial charge < -0.3 is 24.4 Å². The van der Waals surface area contributed by atoms with E-state index < -0.39 is 10.0 Å². The van der Waals surface area contributed by atoms with E-state index in [1.165, 1.54) is 30.7 Å². The fourth-order valence-electron chi connectivity index (χ4n) is 4.31. The third-order valence-corrected chi connectivity index (χ3v) is 8.22. The number of piperidine rings is 1. The third-order valence-electron chi connectivity index (χ3n) is 6.33. The standard InChI is InChI=1S/C24H31N3O6S/c1-31-22-8-7-21(17-23(22)32-2)34(29,30)27-11-9-18(10-12-27)24(28)25-19-3-5-20(6-4-19)26-13-15-33-16-14-26/h3-8,17-18H,9-16H2,1-2H3,(H,25,28). The van der Waals surface area contributed by atoms with E-state index in [0.717, 1.165) is 37.7 Å². The number of benzene rings is 2. The van der Waals surface area contributed by atoms with Gasteiger partial charge in [-0.1, -0.05) is 0 Å². The Morgan fingerprint density at radius 3 is 2.21 bits per heavy atom. The lowest BCUT2D eigenvalue weighted by atomic mass is 9.97. The molecule has 0 unspecified atom stereocenters.